The van der Waals surface area contributed by atoms with Crippen molar-refractivity contribution in [3.8, 4) is 0 Å². The summed E-state index contributed by atoms with van der Waals surface area (Å²) in [6, 6.07) is 9.81. The zero-order valence-corrected chi connectivity index (χ0v) is 14.9. The second kappa shape index (κ2) is 7.83. The van der Waals surface area contributed by atoms with Crippen molar-refractivity contribution >= 4 is 11.7 Å². The van der Waals surface area contributed by atoms with E-state index in [9.17, 15) is 4.79 Å². The molecule has 0 N–H and O–H groups in total. The van der Waals surface area contributed by atoms with Gasteiger partial charge in [0, 0.05) is 49.8 Å². The summed E-state index contributed by atoms with van der Waals surface area (Å²) in [4.78, 5) is 25.8. The standard InChI is InChI=1S/C20H24N4O2/c25-20(23-9-11-26-12-10-23)17-4-7-22-19(14-17)24-8-5-16(15-24)13-18-3-1-2-6-21-18/h1-4,6-7,14,16H,5,8-13,15H2. The molecule has 1 unspecified atom stereocenters. The summed E-state index contributed by atoms with van der Waals surface area (Å²) in [7, 11) is 0. The normalized spacial score (nSPS) is 20.4. The predicted octanol–water partition coefficient (Wildman–Crippen LogP) is 2.02. The van der Waals surface area contributed by atoms with Crippen LogP contribution in [0.4, 0.5) is 5.82 Å². The second-order valence-electron chi connectivity index (χ2n) is 6.93. The molecule has 6 heteroatoms. The summed E-state index contributed by atoms with van der Waals surface area (Å²) >= 11 is 0. The van der Waals surface area contributed by atoms with Crippen LogP contribution < -0.4 is 4.90 Å². The van der Waals surface area contributed by atoms with Crippen LogP contribution in [0.2, 0.25) is 0 Å². The van der Waals surface area contributed by atoms with Gasteiger partial charge >= 0.3 is 0 Å². The summed E-state index contributed by atoms with van der Waals surface area (Å²) in [5, 5.41) is 0. The SMILES string of the molecule is O=C(c1ccnc(N2CCC(Cc3ccccn3)C2)c1)N1CCOCC1. The molecule has 1 atom stereocenters. The Bertz CT molecular complexity index is 746. The molecule has 4 rings (SSSR count). The fourth-order valence-corrected chi connectivity index (χ4v) is 3.70. The molecule has 4 heterocycles. The highest BCUT2D eigenvalue weighted by molar-refractivity contribution is 5.94. The Balaban J connectivity index is 1.41. The van der Waals surface area contributed by atoms with Crippen molar-refractivity contribution in [2.45, 2.75) is 12.8 Å². The maximum atomic E-state index is 12.7. The molecule has 136 valence electrons. The van der Waals surface area contributed by atoms with E-state index in [1.54, 1.807) is 6.20 Å². The van der Waals surface area contributed by atoms with Crippen molar-refractivity contribution in [1.29, 1.82) is 0 Å². The Morgan fingerprint density at radius 2 is 2.00 bits per heavy atom. The number of amides is 1. The van der Waals surface area contributed by atoms with Gasteiger partial charge in [0.05, 0.1) is 13.2 Å². The molecule has 0 bridgehead atoms. The van der Waals surface area contributed by atoms with Gasteiger partial charge in [-0.15, -0.1) is 0 Å². The largest absolute Gasteiger partial charge is 0.378 e. The highest BCUT2D eigenvalue weighted by Crippen LogP contribution is 2.25. The van der Waals surface area contributed by atoms with E-state index in [-0.39, 0.29) is 5.91 Å². The van der Waals surface area contributed by atoms with Gasteiger partial charge in [0.15, 0.2) is 0 Å². The zero-order valence-electron chi connectivity index (χ0n) is 14.9. The van der Waals surface area contributed by atoms with Gasteiger partial charge in [0.25, 0.3) is 5.91 Å². The molecule has 0 spiro atoms. The van der Waals surface area contributed by atoms with Gasteiger partial charge in [-0.1, -0.05) is 6.07 Å². The number of anilines is 1. The molecule has 2 aromatic rings. The summed E-state index contributed by atoms with van der Waals surface area (Å²) in [6.07, 6.45) is 5.71. The van der Waals surface area contributed by atoms with Crippen molar-refractivity contribution in [2.24, 2.45) is 5.92 Å². The third-order valence-corrected chi connectivity index (χ3v) is 5.12. The van der Waals surface area contributed by atoms with E-state index < -0.39 is 0 Å². The summed E-state index contributed by atoms with van der Waals surface area (Å²) in [5.74, 6) is 1.54. The van der Waals surface area contributed by atoms with E-state index in [0.29, 0.717) is 37.8 Å². The average molecular weight is 352 g/mol. The first-order valence-electron chi connectivity index (χ1n) is 9.27. The smallest absolute Gasteiger partial charge is 0.254 e. The lowest BCUT2D eigenvalue weighted by atomic mass is 10.0. The number of carbonyl (C=O) groups excluding carboxylic acids is 1. The lowest BCUT2D eigenvalue weighted by Crippen LogP contribution is -2.40. The third kappa shape index (κ3) is 3.85. The van der Waals surface area contributed by atoms with Crippen LogP contribution in [0, 0.1) is 5.92 Å². The van der Waals surface area contributed by atoms with Gasteiger partial charge in [0.1, 0.15) is 5.82 Å². The number of hydrogen-bond acceptors (Lipinski definition) is 5. The van der Waals surface area contributed by atoms with Crippen LogP contribution in [-0.2, 0) is 11.2 Å². The maximum Gasteiger partial charge on any atom is 0.254 e. The summed E-state index contributed by atoms with van der Waals surface area (Å²) in [6.45, 7) is 4.48. The second-order valence-corrected chi connectivity index (χ2v) is 6.93. The number of nitrogens with zero attached hydrogens (tertiary/aromatic N) is 4. The molecule has 2 aliphatic rings. The van der Waals surface area contributed by atoms with Crippen molar-refractivity contribution in [3.63, 3.8) is 0 Å². The molecule has 1 amide bonds. The molecular weight excluding hydrogens is 328 g/mol. The quantitative estimate of drug-likeness (QED) is 0.843. The Morgan fingerprint density at radius 1 is 1.12 bits per heavy atom. The number of morpholine rings is 1. The van der Waals surface area contributed by atoms with Gasteiger partial charge < -0.3 is 14.5 Å². The fourth-order valence-electron chi connectivity index (χ4n) is 3.70. The van der Waals surface area contributed by atoms with Crippen LogP contribution in [0.3, 0.4) is 0 Å². The first kappa shape index (κ1) is 17.0. The van der Waals surface area contributed by atoms with Gasteiger partial charge in [-0.05, 0) is 43.0 Å². The highest BCUT2D eigenvalue weighted by atomic mass is 16.5. The molecule has 6 nitrogen and oxygen atoms in total. The van der Waals surface area contributed by atoms with Gasteiger partial charge in [-0.25, -0.2) is 4.98 Å². The van der Waals surface area contributed by atoms with E-state index >= 15 is 0 Å². The van der Waals surface area contributed by atoms with Crippen molar-refractivity contribution in [1.82, 2.24) is 14.9 Å². The van der Waals surface area contributed by atoms with Gasteiger partial charge in [-0.3, -0.25) is 9.78 Å². The maximum absolute atomic E-state index is 12.7. The number of pyridine rings is 2. The Labute approximate surface area is 153 Å². The van der Waals surface area contributed by atoms with Crippen LogP contribution in [0.5, 0.6) is 0 Å². The van der Waals surface area contributed by atoms with E-state index in [1.165, 1.54) is 0 Å². The molecule has 2 fully saturated rings. The van der Waals surface area contributed by atoms with Crippen molar-refractivity contribution < 1.29 is 9.53 Å². The predicted molar refractivity (Wildman–Crippen MR) is 99.2 cm³/mol. The van der Waals surface area contributed by atoms with E-state index in [1.807, 2.05) is 35.4 Å². The number of carbonyl (C=O) groups is 1. The monoisotopic (exact) mass is 352 g/mol. The molecular formula is C20H24N4O2. The molecule has 0 aromatic carbocycles. The molecule has 2 saturated heterocycles. The Hall–Kier alpha value is -2.47. The van der Waals surface area contributed by atoms with E-state index in [2.05, 4.69) is 20.9 Å². The fraction of sp³-hybridized carbons (Fsp3) is 0.450. The van der Waals surface area contributed by atoms with Crippen molar-refractivity contribution in [3.05, 3.63) is 54.0 Å². The Kier molecular flexibility index (Phi) is 5.11. The van der Waals surface area contributed by atoms with Crippen molar-refractivity contribution in [2.75, 3.05) is 44.3 Å². The first-order valence-corrected chi connectivity index (χ1v) is 9.27. The average Bonchev–Trinajstić information content (AvgIpc) is 3.17. The lowest BCUT2D eigenvalue weighted by Gasteiger charge is -2.27. The van der Waals surface area contributed by atoms with Crippen LogP contribution >= 0.6 is 0 Å². The van der Waals surface area contributed by atoms with Crippen LogP contribution in [0.1, 0.15) is 22.5 Å². The number of aromatic nitrogens is 2. The Morgan fingerprint density at radius 3 is 2.81 bits per heavy atom. The number of rotatable bonds is 4. The minimum Gasteiger partial charge on any atom is -0.378 e. The van der Waals surface area contributed by atoms with Crippen LogP contribution in [0.25, 0.3) is 0 Å². The number of hydrogen-bond donors (Lipinski definition) is 0. The molecule has 0 radical (unpaired) electrons. The lowest BCUT2D eigenvalue weighted by molar-refractivity contribution is 0.0303. The summed E-state index contributed by atoms with van der Waals surface area (Å²) < 4.78 is 5.33. The molecule has 0 aliphatic carbocycles. The van der Waals surface area contributed by atoms with Crippen LogP contribution in [-0.4, -0.2) is 60.2 Å². The molecule has 2 aromatic heterocycles. The summed E-state index contributed by atoms with van der Waals surface area (Å²) in [5.41, 5.74) is 1.86. The van der Waals surface area contributed by atoms with E-state index in [4.69, 9.17) is 4.74 Å². The molecule has 0 saturated carbocycles. The first-order chi connectivity index (χ1) is 12.8. The zero-order chi connectivity index (χ0) is 17.8. The minimum atomic E-state index is 0.0705. The topological polar surface area (TPSA) is 58.6 Å². The van der Waals surface area contributed by atoms with Gasteiger partial charge in [-0.2, -0.15) is 0 Å². The molecule has 26 heavy (non-hydrogen) atoms. The van der Waals surface area contributed by atoms with Gasteiger partial charge in [0.2, 0.25) is 0 Å². The third-order valence-electron chi connectivity index (χ3n) is 5.12. The van der Waals surface area contributed by atoms with Crippen LogP contribution in [0.15, 0.2) is 42.7 Å². The highest BCUT2D eigenvalue weighted by Gasteiger charge is 2.25. The minimum absolute atomic E-state index is 0.0705. The number of ether oxygens (including phenoxy) is 1. The molecule has 2 aliphatic heterocycles. The van der Waals surface area contributed by atoms with E-state index in [0.717, 1.165) is 37.4 Å².